The van der Waals surface area contributed by atoms with Crippen LogP contribution < -0.4 is 5.32 Å². The average Bonchev–Trinajstić information content (AvgIpc) is 2.30. The Labute approximate surface area is 123 Å². The van der Waals surface area contributed by atoms with E-state index in [-0.39, 0.29) is 0 Å². The maximum atomic E-state index is 11.7. The molecule has 0 aromatic heterocycles. The number of carboxylic acid groups (broad SMARTS) is 1. The van der Waals surface area contributed by atoms with Crippen LogP contribution in [0.15, 0.2) is 28.7 Å². The van der Waals surface area contributed by atoms with Crippen molar-refractivity contribution in [3.8, 4) is 0 Å². The minimum absolute atomic E-state index is 0.420. The van der Waals surface area contributed by atoms with Crippen LogP contribution in [0.4, 0.5) is 5.69 Å². The molecule has 0 radical (unpaired) electrons. The first-order chi connectivity index (χ1) is 7.91. The van der Waals surface area contributed by atoms with Crippen molar-refractivity contribution >= 4 is 65.4 Å². The number of aliphatic carboxylic acids is 1. The summed E-state index contributed by atoms with van der Waals surface area (Å²) in [5, 5.41) is 11.3. The number of benzene rings is 1. The van der Waals surface area contributed by atoms with Gasteiger partial charge in [-0.15, -0.1) is 0 Å². The van der Waals surface area contributed by atoms with E-state index in [4.69, 9.17) is 5.11 Å². The third-order valence-corrected chi connectivity index (χ3v) is 4.96. The fraction of sp³-hybridized carbons (Fsp3) is 0.200. The number of carboxylic acids is 1. The van der Waals surface area contributed by atoms with Gasteiger partial charge in [-0.1, -0.05) is 47.8 Å². The molecular weight excluding hydrogens is 422 g/mol. The van der Waals surface area contributed by atoms with E-state index in [1.54, 1.807) is 24.3 Å². The van der Waals surface area contributed by atoms with Crippen LogP contribution in [-0.4, -0.2) is 26.6 Å². The second-order valence-corrected chi connectivity index (χ2v) is 6.03. The summed E-state index contributed by atoms with van der Waals surface area (Å²) < 4.78 is 0.898. The Morgan fingerprint density at radius 1 is 1.12 bits per heavy atom. The van der Waals surface area contributed by atoms with Gasteiger partial charge in [0.05, 0.1) is 0 Å². The molecule has 0 aliphatic rings. The van der Waals surface area contributed by atoms with E-state index in [9.17, 15) is 9.59 Å². The van der Waals surface area contributed by atoms with Crippen molar-refractivity contribution in [2.45, 2.75) is 9.65 Å². The van der Waals surface area contributed by atoms with Gasteiger partial charge < -0.3 is 10.4 Å². The molecule has 1 aromatic rings. The largest absolute Gasteiger partial charge is 0.480 e. The van der Waals surface area contributed by atoms with E-state index in [0.717, 1.165) is 4.47 Å². The lowest BCUT2D eigenvalue weighted by Crippen LogP contribution is -2.34. The maximum Gasteiger partial charge on any atom is 0.318 e. The molecule has 7 heteroatoms. The third kappa shape index (κ3) is 4.40. The van der Waals surface area contributed by atoms with Crippen LogP contribution in [0.25, 0.3) is 0 Å². The Hall–Kier alpha value is -0.400. The molecule has 0 bridgehead atoms. The van der Waals surface area contributed by atoms with Crippen LogP contribution >= 0.6 is 47.8 Å². The summed E-state index contributed by atoms with van der Waals surface area (Å²) in [6, 6.07) is 6.99. The zero-order valence-corrected chi connectivity index (χ0v) is 13.1. The number of hydrogen-bond donors (Lipinski definition) is 2. The number of rotatable bonds is 4. The summed E-state index contributed by atoms with van der Waals surface area (Å²) in [4.78, 5) is 20.5. The van der Waals surface area contributed by atoms with Crippen LogP contribution in [0.1, 0.15) is 0 Å². The van der Waals surface area contributed by atoms with E-state index in [2.05, 4.69) is 53.1 Å². The van der Waals surface area contributed by atoms with Gasteiger partial charge in [0, 0.05) is 10.2 Å². The predicted octanol–water partition coefficient (Wildman–Crippen LogP) is 3.00. The standard InChI is InChI=1S/C10H8Br3NO3/c11-5-1-3-6(4-2-5)14-9(15)7(12)8(13)10(16)17/h1-4,7-8H,(H,14,15)(H,16,17)/t7-,8+/m0/s1. The minimum Gasteiger partial charge on any atom is -0.480 e. The SMILES string of the molecule is O=C(Nc1ccc(Br)cc1)[C@@H](Br)[C@@H](Br)C(=O)O. The van der Waals surface area contributed by atoms with Crippen LogP contribution in [0.3, 0.4) is 0 Å². The first-order valence-electron chi connectivity index (χ1n) is 4.49. The molecular formula is C10H8Br3NO3. The van der Waals surface area contributed by atoms with Gasteiger partial charge in [0.15, 0.2) is 0 Å². The van der Waals surface area contributed by atoms with Gasteiger partial charge in [0.1, 0.15) is 9.65 Å². The van der Waals surface area contributed by atoms with Gasteiger partial charge in [-0.2, -0.15) is 0 Å². The second kappa shape index (κ2) is 6.51. The lowest BCUT2D eigenvalue weighted by Gasteiger charge is -2.13. The van der Waals surface area contributed by atoms with Gasteiger partial charge in [-0.05, 0) is 24.3 Å². The molecule has 0 unspecified atom stereocenters. The molecule has 0 saturated carbocycles. The number of halogens is 3. The van der Waals surface area contributed by atoms with Crippen molar-refractivity contribution in [1.29, 1.82) is 0 Å². The fourth-order valence-corrected chi connectivity index (χ4v) is 1.85. The first-order valence-corrected chi connectivity index (χ1v) is 7.11. The Morgan fingerprint density at radius 2 is 1.65 bits per heavy atom. The Balaban J connectivity index is 2.66. The molecule has 2 atom stereocenters. The first kappa shape index (κ1) is 14.7. The van der Waals surface area contributed by atoms with E-state index < -0.39 is 21.5 Å². The predicted molar refractivity (Wildman–Crippen MR) is 75.8 cm³/mol. The summed E-state index contributed by atoms with van der Waals surface area (Å²) >= 11 is 9.23. The fourth-order valence-electron chi connectivity index (χ4n) is 1.00. The highest BCUT2D eigenvalue weighted by Crippen LogP contribution is 2.19. The molecule has 1 amide bonds. The highest BCUT2D eigenvalue weighted by Gasteiger charge is 2.29. The van der Waals surface area contributed by atoms with Crippen LogP contribution in [0.2, 0.25) is 0 Å². The number of hydrogen-bond acceptors (Lipinski definition) is 2. The summed E-state index contributed by atoms with van der Waals surface area (Å²) in [6.45, 7) is 0. The highest BCUT2D eigenvalue weighted by atomic mass is 79.9. The van der Waals surface area contributed by atoms with Gasteiger partial charge in [0.2, 0.25) is 5.91 Å². The number of nitrogens with one attached hydrogen (secondary N) is 1. The van der Waals surface area contributed by atoms with Gasteiger partial charge in [-0.25, -0.2) is 0 Å². The van der Waals surface area contributed by atoms with Gasteiger partial charge >= 0.3 is 5.97 Å². The molecule has 1 aromatic carbocycles. The number of alkyl halides is 2. The minimum atomic E-state index is -1.10. The molecule has 0 heterocycles. The summed E-state index contributed by atoms with van der Waals surface area (Å²) in [7, 11) is 0. The van der Waals surface area contributed by atoms with E-state index in [1.165, 1.54) is 0 Å². The van der Waals surface area contributed by atoms with E-state index in [0.29, 0.717) is 5.69 Å². The number of carbonyl (C=O) groups is 2. The van der Waals surface area contributed by atoms with Gasteiger partial charge in [-0.3, -0.25) is 9.59 Å². The molecule has 0 fully saturated rings. The van der Waals surface area contributed by atoms with Crippen LogP contribution in [-0.2, 0) is 9.59 Å². The molecule has 0 saturated heterocycles. The number of amides is 1. The van der Waals surface area contributed by atoms with Crippen molar-refractivity contribution in [3.63, 3.8) is 0 Å². The lowest BCUT2D eigenvalue weighted by molar-refractivity contribution is -0.137. The summed E-state index contributed by atoms with van der Waals surface area (Å²) in [5.41, 5.74) is 0.604. The quantitative estimate of drug-likeness (QED) is 0.723. The van der Waals surface area contributed by atoms with E-state index >= 15 is 0 Å². The summed E-state index contributed by atoms with van der Waals surface area (Å²) in [5.74, 6) is -1.52. The molecule has 17 heavy (non-hydrogen) atoms. The molecule has 4 nitrogen and oxygen atoms in total. The molecule has 2 N–H and O–H groups in total. The van der Waals surface area contributed by atoms with Crippen molar-refractivity contribution in [2.24, 2.45) is 0 Å². The van der Waals surface area contributed by atoms with E-state index in [1.807, 2.05) is 0 Å². The topological polar surface area (TPSA) is 66.4 Å². The van der Waals surface area contributed by atoms with Crippen molar-refractivity contribution in [3.05, 3.63) is 28.7 Å². The van der Waals surface area contributed by atoms with Gasteiger partial charge in [0.25, 0.3) is 0 Å². The zero-order chi connectivity index (χ0) is 13.0. The lowest BCUT2D eigenvalue weighted by atomic mass is 10.2. The van der Waals surface area contributed by atoms with Crippen LogP contribution in [0.5, 0.6) is 0 Å². The Bertz CT molecular complexity index is 421. The normalized spacial score (nSPS) is 13.8. The Kier molecular flexibility index (Phi) is 5.61. The molecule has 92 valence electrons. The monoisotopic (exact) mass is 427 g/mol. The number of carbonyl (C=O) groups excluding carboxylic acids is 1. The maximum absolute atomic E-state index is 11.7. The molecule has 0 aliphatic heterocycles. The Morgan fingerprint density at radius 3 is 2.12 bits per heavy atom. The summed E-state index contributed by atoms with van der Waals surface area (Å²) in [6.07, 6.45) is 0. The molecule has 1 rings (SSSR count). The molecule has 0 aliphatic carbocycles. The smallest absolute Gasteiger partial charge is 0.318 e. The molecule has 0 spiro atoms. The van der Waals surface area contributed by atoms with Crippen molar-refractivity contribution < 1.29 is 14.7 Å². The second-order valence-electron chi connectivity index (χ2n) is 3.14. The number of anilines is 1. The third-order valence-electron chi connectivity index (χ3n) is 1.86. The zero-order valence-electron chi connectivity index (χ0n) is 8.36. The van der Waals surface area contributed by atoms with Crippen molar-refractivity contribution in [1.82, 2.24) is 0 Å². The van der Waals surface area contributed by atoms with Crippen molar-refractivity contribution in [2.75, 3.05) is 5.32 Å². The average molecular weight is 430 g/mol. The highest BCUT2D eigenvalue weighted by molar-refractivity contribution is 9.12. The van der Waals surface area contributed by atoms with Crippen LogP contribution in [0, 0.1) is 0 Å².